The molecule has 0 aliphatic rings. The first kappa shape index (κ1) is 22.2. The minimum atomic E-state index is -4.66. The van der Waals surface area contributed by atoms with Crippen LogP contribution in [-0.4, -0.2) is 42.9 Å². The van der Waals surface area contributed by atoms with E-state index in [1.165, 1.54) is 13.1 Å². The number of nitrogens with two attached hydrogens (primary N) is 1. The summed E-state index contributed by atoms with van der Waals surface area (Å²) in [6, 6.07) is 6.85. The monoisotopic (exact) mass is 437 g/mol. The molecule has 0 saturated heterocycles. The van der Waals surface area contributed by atoms with Crippen LogP contribution in [0.3, 0.4) is 0 Å². The van der Waals surface area contributed by atoms with E-state index < -0.39 is 17.6 Å². The fourth-order valence-corrected chi connectivity index (χ4v) is 2.92. The van der Waals surface area contributed by atoms with Gasteiger partial charge in [0, 0.05) is 18.5 Å². The van der Waals surface area contributed by atoms with Gasteiger partial charge in [0.25, 0.3) is 5.91 Å². The van der Waals surface area contributed by atoms with E-state index in [-0.39, 0.29) is 34.9 Å². The number of carbonyl (C=O) groups is 1. The van der Waals surface area contributed by atoms with Crippen LogP contribution in [0.25, 0.3) is 10.9 Å². The molecule has 0 aliphatic heterocycles. The largest absolute Gasteiger partial charge is 0.486 e. The highest BCUT2D eigenvalue weighted by molar-refractivity contribution is 6.04. The first-order chi connectivity index (χ1) is 14.6. The van der Waals surface area contributed by atoms with Crippen LogP contribution in [0.2, 0.25) is 0 Å². The third kappa shape index (κ3) is 5.37. The lowest BCUT2D eigenvalue weighted by Crippen LogP contribution is -2.28. The molecule has 2 aromatic heterocycles. The number of aromatic nitrogens is 1. The highest BCUT2D eigenvalue weighted by atomic mass is 19.4. The molecule has 0 aliphatic carbocycles. The van der Waals surface area contributed by atoms with Crippen molar-refractivity contribution >= 4 is 22.8 Å². The third-order valence-electron chi connectivity index (χ3n) is 4.30. The number of amides is 1. The fourth-order valence-electron chi connectivity index (χ4n) is 2.92. The Kier molecular flexibility index (Phi) is 6.25. The quantitative estimate of drug-likeness (QED) is 0.404. The number of fused-ring (bicyclic) bond motifs is 1. The Labute approximate surface area is 175 Å². The number of hydrogen-bond donors (Lipinski definition) is 3. The van der Waals surface area contributed by atoms with Gasteiger partial charge in [-0.3, -0.25) is 4.79 Å². The zero-order valence-electron chi connectivity index (χ0n) is 17.1. The van der Waals surface area contributed by atoms with Crippen LogP contribution in [0.5, 0.6) is 5.75 Å². The number of nitrogens with one attached hydrogen (secondary N) is 2. The van der Waals surface area contributed by atoms with Crippen molar-refractivity contribution in [2.45, 2.75) is 19.3 Å². The number of guanidine groups is 1. The topological polar surface area (TPSA) is 109 Å². The molecule has 0 fully saturated rings. The zero-order chi connectivity index (χ0) is 22.8. The minimum Gasteiger partial charge on any atom is -0.486 e. The van der Waals surface area contributed by atoms with Crippen molar-refractivity contribution in [2.24, 2.45) is 10.7 Å². The molecule has 31 heavy (non-hydrogen) atoms. The first-order valence-electron chi connectivity index (χ1n) is 9.22. The number of halogens is 3. The summed E-state index contributed by atoms with van der Waals surface area (Å²) in [5.41, 5.74) is 4.46. The molecule has 0 radical (unpaired) electrons. The van der Waals surface area contributed by atoms with Gasteiger partial charge in [-0.1, -0.05) is 0 Å². The summed E-state index contributed by atoms with van der Waals surface area (Å²) in [6.45, 7) is 0.537. The maximum atomic E-state index is 13.6. The van der Waals surface area contributed by atoms with Gasteiger partial charge in [0.15, 0.2) is 5.96 Å². The number of furan rings is 1. The Bertz CT molecular complexity index is 1120. The van der Waals surface area contributed by atoms with Crippen LogP contribution in [-0.2, 0) is 19.3 Å². The number of nitrogens with zero attached hydrogens (tertiary/aromatic N) is 2. The molecule has 1 amide bonds. The summed E-state index contributed by atoms with van der Waals surface area (Å²) in [5, 5.41) is 2.30. The Morgan fingerprint density at radius 3 is 2.61 bits per heavy atom. The number of alkyl halides is 3. The number of rotatable bonds is 6. The van der Waals surface area contributed by atoms with E-state index >= 15 is 0 Å². The molecule has 1 aromatic carbocycles. The van der Waals surface area contributed by atoms with E-state index in [1.54, 1.807) is 12.1 Å². The van der Waals surface area contributed by atoms with Gasteiger partial charge in [0.1, 0.15) is 29.6 Å². The minimum absolute atomic E-state index is 0.0236. The molecule has 166 valence electrons. The Morgan fingerprint density at radius 1 is 1.26 bits per heavy atom. The molecule has 8 nitrogen and oxygen atoms in total. The van der Waals surface area contributed by atoms with E-state index in [0.29, 0.717) is 18.1 Å². The molecule has 3 aromatic rings. The number of benzene rings is 1. The van der Waals surface area contributed by atoms with Crippen LogP contribution < -0.4 is 15.8 Å². The summed E-state index contributed by atoms with van der Waals surface area (Å²) >= 11 is 0. The van der Waals surface area contributed by atoms with E-state index in [9.17, 15) is 18.0 Å². The number of aromatic amines is 1. The van der Waals surface area contributed by atoms with Gasteiger partial charge in [-0.2, -0.15) is 18.2 Å². The normalized spacial score (nSPS) is 12.5. The van der Waals surface area contributed by atoms with E-state index in [0.717, 1.165) is 12.1 Å². The number of carbonyl (C=O) groups excluding carboxylic acids is 1. The Hall–Kier alpha value is -3.47. The average Bonchev–Trinajstić information content (AvgIpc) is 3.30. The van der Waals surface area contributed by atoms with Gasteiger partial charge in [0.2, 0.25) is 0 Å². The van der Waals surface area contributed by atoms with Crippen molar-refractivity contribution < 1.29 is 27.1 Å². The fraction of sp³-hybridized carbons (Fsp3) is 0.300. The van der Waals surface area contributed by atoms with Crippen molar-refractivity contribution in [3.8, 4) is 5.75 Å². The van der Waals surface area contributed by atoms with Crippen LogP contribution in [0, 0.1) is 0 Å². The second-order valence-corrected chi connectivity index (χ2v) is 7.06. The van der Waals surface area contributed by atoms with Crippen molar-refractivity contribution in [3.63, 3.8) is 0 Å². The zero-order valence-corrected chi connectivity index (χ0v) is 17.1. The molecular formula is C20H22F3N5O3. The molecule has 0 bridgehead atoms. The maximum Gasteiger partial charge on any atom is 0.417 e. The van der Waals surface area contributed by atoms with Crippen LogP contribution in [0.4, 0.5) is 13.2 Å². The lowest BCUT2D eigenvalue weighted by molar-refractivity contribution is -0.136. The Morgan fingerprint density at radius 2 is 1.97 bits per heavy atom. The van der Waals surface area contributed by atoms with E-state index in [1.807, 2.05) is 19.0 Å². The number of hydrogen-bond acceptors (Lipinski definition) is 4. The highest BCUT2D eigenvalue weighted by Crippen LogP contribution is 2.38. The van der Waals surface area contributed by atoms with Gasteiger partial charge in [-0.15, -0.1) is 0 Å². The predicted molar refractivity (Wildman–Crippen MR) is 109 cm³/mol. The molecule has 0 unspecified atom stereocenters. The summed E-state index contributed by atoms with van der Waals surface area (Å²) in [6.07, 6.45) is -4.66. The maximum absolute atomic E-state index is 13.6. The number of H-pyrrole nitrogens is 1. The predicted octanol–water partition coefficient (Wildman–Crippen LogP) is 3.09. The van der Waals surface area contributed by atoms with Crippen molar-refractivity contribution in [1.82, 2.24) is 15.2 Å². The average molecular weight is 437 g/mol. The standard InChI is InChI=1S/C20H22F3N5O3/c1-25-19(24)27-18(29)17-8-14-15(20(21,22)23)6-13(7-16(14)26-17)30-10-12-5-4-11(31-12)9-28(2)3/h4-8,26H,9-10H2,1-3H3,(H3,24,25,27,29). The summed E-state index contributed by atoms with van der Waals surface area (Å²) < 4.78 is 52.0. The highest BCUT2D eigenvalue weighted by Gasteiger charge is 2.34. The molecule has 4 N–H and O–H groups in total. The third-order valence-corrected chi connectivity index (χ3v) is 4.30. The van der Waals surface area contributed by atoms with Gasteiger partial charge in [-0.05, 0) is 38.4 Å². The van der Waals surface area contributed by atoms with E-state index in [2.05, 4.69) is 15.3 Å². The van der Waals surface area contributed by atoms with Gasteiger partial charge >= 0.3 is 6.18 Å². The Balaban J connectivity index is 1.90. The van der Waals surface area contributed by atoms with Gasteiger partial charge in [0.05, 0.1) is 17.6 Å². The molecule has 11 heteroatoms. The second kappa shape index (κ2) is 8.72. The molecule has 3 rings (SSSR count). The molecule has 0 spiro atoms. The summed E-state index contributed by atoms with van der Waals surface area (Å²) in [4.78, 5) is 20.3. The van der Waals surface area contributed by atoms with Crippen molar-refractivity contribution in [3.05, 3.63) is 53.1 Å². The lowest BCUT2D eigenvalue weighted by atomic mass is 10.1. The first-order valence-corrected chi connectivity index (χ1v) is 9.22. The van der Waals surface area contributed by atoms with Gasteiger partial charge < -0.3 is 30.1 Å². The van der Waals surface area contributed by atoms with Crippen LogP contribution in [0.15, 0.2) is 39.7 Å². The number of aliphatic imine (C=N–C) groups is 1. The lowest BCUT2D eigenvalue weighted by Gasteiger charge is -2.11. The van der Waals surface area contributed by atoms with E-state index in [4.69, 9.17) is 14.9 Å². The smallest absolute Gasteiger partial charge is 0.417 e. The molecule has 0 saturated carbocycles. The molecule has 0 atom stereocenters. The van der Waals surface area contributed by atoms with Gasteiger partial charge in [-0.25, -0.2) is 0 Å². The van der Waals surface area contributed by atoms with Crippen molar-refractivity contribution in [2.75, 3.05) is 21.1 Å². The summed E-state index contributed by atoms with van der Waals surface area (Å²) in [5.74, 6) is 0.205. The van der Waals surface area contributed by atoms with Crippen LogP contribution in [0.1, 0.15) is 27.6 Å². The summed E-state index contributed by atoms with van der Waals surface area (Å²) in [7, 11) is 5.24. The number of ether oxygens (including phenoxy) is 1. The molecule has 2 heterocycles. The second-order valence-electron chi connectivity index (χ2n) is 7.06. The SMILES string of the molecule is CNC(N)=NC(=O)c1cc2c(C(F)(F)F)cc(OCc3ccc(CN(C)C)o3)cc2[nH]1. The van der Waals surface area contributed by atoms with Crippen LogP contribution >= 0.6 is 0 Å². The van der Waals surface area contributed by atoms with Crippen molar-refractivity contribution in [1.29, 1.82) is 0 Å². The molecular weight excluding hydrogens is 415 g/mol.